The Morgan fingerprint density at radius 3 is 2.58 bits per heavy atom. The number of nitrogens with one attached hydrogen (secondary N) is 1. The van der Waals surface area contributed by atoms with E-state index in [0.717, 1.165) is 0 Å². The third kappa shape index (κ3) is 4.55. The fraction of sp³-hybridized carbons (Fsp3) is 0.385. The highest BCUT2D eigenvalue weighted by Gasteiger charge is 2.24. The van der Waals surface area contributed by atoms with Crippen LogP contribution in [0.25, 0.3) is 0 Å². The van der Waals surface area contributed by atoms with E-state index in [1.54, 1.807) is 32.0 Å². The number of methoxy groups -OCH3 is 1. The minimum atomic E-state index is -0.703. The summed E-state index contributed by atoms with van der Waals surface area (Å²) in [5.41, 5.74) is 4.89. The van der Waals surface area contributed by atoms with Crippen LogP contribution in [0.4, 0.5) is 0 Å². The molecule has 5 nitrogen and oxygen atoms in total. The van der Waals surface area contributed by atoms with Crippen molar-refractivity contribution >= 4 is 27.7 Å². The molecule has 0 radical (unpaired) electrons. The number of nitrogens with two attached hydrogens (primary N) is 1. The zero-order valence-electron chi connectivity index (χ0n) is 11.1. The molecule has 19 heavy (non-hydrogen) atoms. The summed E-state index contributed by atoms with van der Waals surface area (Å²) in [6.45, 7) is 3.48. The van der Waals surface area contributed by atoms with Crippen molar-refractivity contribution in [2.45, 2.75) is 25.8 Å². The second-order valence-corrected chi connectivity index (χ2v) is 5.68. The first-order valence-electron chi connectivity index (χ1n) is 5.69. The Labute approximate surface area is 120 Å². The van der Waals surface area contributed by atoms with Crippen molar-refractivity contribution in [2.24, 2.45) is 5.73 Å². The maximum Gasteiger partial charge on any atom is 0.252 e. The highest BCUT2D eigenvalue weighted by Crippen LogP contribution is 2.23. The smallest absolute Gasteiger partial charge is 0.252 e. The van der Waals surface area contributed by atoms with Crippen molar-refractivity contribution < 1.29 is 14.3 Å². The number of rotatable bonds is 5. The molecule has 0 saturated heterocycles. The summed E-state index contributed by atoms with van der Waals surface area (Å²) < 4.78 is 5.73. The molecule has 1 aromatic carbocycles. The van der Waals surface area contributed by atoms with Gasteiger partial charge in [-0.1, -0.05) is 0 Å². The summed E-state index contributed by atoms with van der Waals surface area (Å²) >= 11 is 3.31. The molecule has 0 aliphatic heterocycles. The molecular weight excluding hydrogens is 312 g/mol. The van der Waals surface area contributed by atoms with Crippen LogP contribution in [0.1, 0.15) is 30.6 Å². The van der Waals surface area contributed by atoms with E-state index in [-0.39, 0.29) is 12.3 Å². The molecule has 0 spiro atoms. The average Bonchev–Trinajstić information content (AvgIpc) is 2.26. The van der Waals surface area contributed by atoms with E-state index < -0.39 is 11.4 Å². The molecule has 104 valence electrons. The van der Waals surface area contributed by atoms with Gasteiger partial charge in [0.15, 0.2) is 0 Å². The molecule has 0 aliphatic rings. The number of halogens is 1. The Hall–Kier alpha value is -1.56. The quantitative estimate of drug-likeness (QED) is 0.865. The second kappa shape index (κ2) is 6.06. The first kappa shape index (κ1) is 15.5. The first-order chi connectivity index (χ1) is 8.75. The maximum absolute atomic E-state index is 12.2. The summed E-state index contributed by atoms with van der Waals surface area (Å²) in [5, 5.41) is 2.77. The highest BCUT2D eigenvalue weighted by atomic mass is 79.9. The lowest BCUT2D eigenvalue weighted by Gasteiger charge is -2.25. The van der Waals surface area contributed by atoms with Crippen LogP contribution in [-0.4, -0.2) is 24.5 Å². The van der Waals surface area contributed by atoms with Gasteiger partial charge in [0.05, 0.1) is 12.7 Å². The lowest BCUT2D eigenvalue weighted by Crippen LogP contribution is -2.46. The molecule has 3 N–H and O–H groups in total. The van der Waals surface area contributed by atoms with Crippen LogP contribution in [-0.2, 0) is 4.79 Å². The standard InChI is InChI=1S/C13H17BrN2O3/c1-13(2,7-11(15)17)16-12(18)9-6-8(19-3)4-5-10(9)14/h4-6H,7H2,1-3H3,(H2,15,17)(H,16,18). The van der Waals surface area contributed by atoms with Gasteiger partial charge in [0.25, 0.3) is 5.91 Å². The number of benzene rings is 1. The van der Waals surface area contributed by atoms with Gasteiger partial charge in [-0.2, -0.15) is 0 Å². The fourth-order valence-corrected chi connectivity index (χ4v) is 2.09. The number of hydrogen-bond donors (Lipinski definition) is 2. The molecule has 0 saturated carbocycles. The Kier molecular flexibility index (Phi) is 4.94. The Bertz CT molecular complexity index is 501. The van der Waals surface area contributed by atoms with Crippen molar-refractivity contribution in [1.29, 1.82) is 0 Å². The lowest BCUT2D eigenvalue weighted by molar-refractivity contribution is -0.119. The number of amides is 2. The average molecular weight is 329 g/mol. The number of ether oxygens (including phenoxy) is 1. The van der Waals surface area contributed by atoms with E-state index in [2.05, 4.69) is 21.2 Å². The number of carbonyl (C=O) groups is 2. The minimum Gasteiger partial charge on any atom is -0.497 e. The van der Waals surface area contributed by atoms with Gasteiger partial charge in [-0.25, -0.2) is 0 Å². The molecule has 0 aromatic heterocycles. The fourth-order valence-electron chi connectivity index (χ4n) is 1.66. The van der Waals surface area contributed by atoms with Crippen molar-refractivity contribution in [1.82, 2.24) is 5.32 Å². The summed E-state index contributed by atoms with van der Waals surface area (Å²) in [7, 11) is 1.53. The lowest BCUT2D eigenvalue weighted by atomic mass is 9.99. The summed E-state index contributed by atoms with van der Waals surface area (Å²) in [4.78, 5) is 23.1. The molecule has 0 unspecified atom stereocenters. The SMILES string of the molecule is COc1ccc(Br)c(C(=O)NC(C)(C)CC(N)=O)c1. The van der Waals surface area contributed by atoms with Crippen LogP contribution in [0, 0.1) is 0 Å². The van der Waals surface area contributed by atoms with E-state index >= 15 is 0 Å². The van der Waals surface area contributed by atoms with Crippen LogP contribution < -0.4 is 15.8 Å². The van der Waals surface area contributed by atoms with Crippen LogP contribution in [0.15, 0.2) is 22.7 Å². The molecule has 6 heteroatoms. The van der Waals surface area contributed by atoms with E-state index in [0.29, 0.717) is 15.8 Å². The molecule has 0 aliphatic carbocycles. The van der Waals surface area contributed by atoms with Crippen molar-refractivity contribution in [3.63, 3.8) is 0 Å². The zero-order chi connectivity index (χ0) is 14.6. The minimum absolute atomic E-state index is 0.0698. The largest absolute Gasteiger partial charge is 0.497 e. The van der Waals surface area contributed by atoms with Crippen molar-refractivity contribution in [3.05, 3.63) is 28.2 Å². The summed E-state index contributed by atoms with van der Waals surface area (Å²) in [6.07, 6.45) is 0.0698. The molecule has 1 rings (SSSR count). The maximum atomic E-state index is 12.2. The Balaban J connectivity index is 2.92. The van der Waals surface area contributed by atoms with Crippen LogP contribution >= 0.6 is 15.9 Å². The zero-order valence-corrected chi connectivity index (χ0v) is 12.7. The van der Waals surface area contributed by atoms with Gasteiger partial charge in [-0.05, 0) is 48.0 Å². The van der Waals surface area contributed by atoms with E-state index in [4.69, 9.17) is 10.5 Å². The number of hydrogen-bond acceptors (Lipinski definition) is 3. The van der Waals surface area contributed by atoms with E-state index in [9.17, 15) is 9.59 Å². The topological polar surface area (TPSA) is 81.4 Å². The third-order valence-electron chi connectivity index (χ3n) is 2.49. The van der Waals surface area contributed by atoms with E-state index in [1.807, 2.05) is 0 Å². The first-order valence-corrected chi connectivity index (χ1v) is 6.49. The third-order valence-corrected chi connectivity index (χ3v) is 3.18. The summed E-state index contributed by atoms with van der Waals surface area (Å²) in [6, 6.07) is 5.10. The molecule has 2 amide bonds. The van der Waals surface area contributed by atoms with Crippen molar-refractivity contribution in [2.75, 3.05) is 7.11 Å². The van der Waals surface area contributed by atoms with Gasteiger partial charge in [0.2, 0.25) is 5.91 Å². The Morgan fingerprint density at radius 2 is 2.05 bits per heavy atom. The number of primary amides is 1. The normalized spacial score (nSPS) is 10.9. The van der Waals surface area contributed by atoms with Gasteiger partial charge in [0, 0.05) is 16.4 Å². The molecule has 0 heterocycles. The van der Waals surface area contributed by atoms with Crippen molar-refractivity contribution in [3.8, 4) is 5.75 Å². The van der Waals surface area contributed by atoms with Crippen LogP contribution in [0.2, 0.25) is 0 Å². The predicted octanol–water partition coefficient (Wildman–Crippen LogP) is 1.84. The Morgan fingerprint density at radius 1 is 1.42 bits per heavy atom. The number of carbonyl (C=O) groups excluding carboxylic acids is 2. The summed E-state index contributed by atoms with van der Waals surface area (Å²) in [5.74, 6) is -0.173. The molecular formula is C13H17BrN2O3. The van der Waals surface area contributed by atoms with Gasteiger partial charge in [-0.3, -0.25) is 9.59 Å². The van der Waals surface area contributed by atoms with Gasteiger partial charge < -0.3 is 15.8 Å². The molecule has 1 aromatic rings. The van der Waals surface area contributed by atoms with Crippen LogP contribution in [0.3, 0.4) is 0 Å². The molecule has 0 atom stereocenters. The van der Waals surface area contributed by atoms with Gasteiger partial charge in [-0.15, -0.1) is 0 Å². The van der Waals surface area contributed by atoms with E-state index in [1.165, 1.54) is 7.11 Å². The monoisotopic (exact) mass is 328 g/mol. The van der Waals surface area contributed by atoms with Gasteiger partial charge >= 0.3 is 0 Å². The molecule has 0 fully saturated rings. The highest BCUT2D eigenvalue weighted by molar-refractivity contribution is 9.10. The predicted molar refractivity (Wildman–Crippen MR) is 76.1 cm³/mol. The molecule has 0 bridgehead atoms. The second-order valence-electron chi connectivity index (χ2n) is 4.83. The van der Waals surface area contributed by atoms with Crippen LogP contribution in [0.5, 0.6) is 5.75 Å². The van der Waals surface area contributed by atoms with Gasteiger partial charge in [0.1, 0.15) is 5.75 Å².